The number of para-hydroxylation sites is 1. The minimum Gasteiger partial charge on any atom is -0.508 e. The standard InChI is InChI=1S/C35H53N3O6/c1-7-9-10-11-12-15-23-38(31(28-17-13-14-18-30(28)40)32(41)36-25(3)16-8-2)33(42)29(37-34(43)44-35(4,5)6)24-26-19-21-27(39)22-20-26/h13-14,17-22,25,29,31,39-40H,7-12,15-16,23-24H2,1-6H3,(H,36,41)(H,37,43). The van der Waals surface area contributed by atoms with Gasteiger partial charge in [0.25, 0.3) is 0 Å². The first-order valence-corrected chi connectivity index (χ1v) is 16.0. The van der Waals surface area contributed by atoms with Gasteiger partial charge in [-0.3, -0.25) is 9.59 Å². The van der Waals surface area contributed by atoms with Crippen LogP contribution in [0.4, 0.5) is 4.79 Å². The lowest BCUT2D eigenvalue weighted by Crippen LogP contribution is -2.54. The molecule has 3 atom stereocenters. The molecule has 244 valence electrons. The zero-order chi connectivity index (χ0) is 32.7. The van der Waals surface area contributed by atoms with Gasteiger partial charge < -0.3 is 30.5 Å². The maximum Gasteiger partial charge on any atom is 0.408 e. The SMILES string of the molecule is CCCCCCCCN(C(=O)C(Cc1ccc(O)cc1)NC(=O)OC(C)(C)C)C(C(=O)NC(C)CCC)c1ccccc1O. The Bertz CT molecular complexity index is 1180. The van der Waals surface area contributed by atoms with E-state index in [-0.39, 0.29) is 30.5 Å². The van der Waals surface area contributed by atoms with Gasteiger partial charge in [0.15, 0.2) is 0 Å². The number of hydrogen-bond acceptors (Lipinski definition) is 6. The molecule has 0 aromatic heterocycles. The number of carbonyl (C=O) groups excluding carboxylic acids is 3. The number of nitrogens with one attached hydrogen (secondary N) is 2. The van der Waals surface area contributed by atoms with E-state index >= 15 is 0 Å². The van der Waals surface area contributed by atoms with E-state index < -0.39 is 35.6 Å². The summed E-state index contributed by atoms with van der Waals surface area (Å²) in [7, 11) is 0. The van der Waals surface area contributed by atoms with Gasteiger partial charge >= 0.3 is 6.09 Å². The van der Waals surface area contributed by atoms with E-state index in [1.54, 1.807) is 51.1 Å². The molecule has 44 heavy (non-hydrogen) atoms. The van der Waals surface area contributed by atoms with Crippen molar-refractivity contribution in [3.8, 4) is 11.5 Å². The van der Waals surface area contributed by atoms with Gasteiger partial charge in [-0.2, -0.15) is 0 Å². The highest BCUT2D eigenvalue weighted by atomic mass is 16.6. The van der Waals surface area contributed by atoms with Gasteiger partial charge in [0.1, 0.15) is 29.2 Å². The number of rotatable bonds is 17. The first-order valence-electron chi connectivity index (χ1n) is 16.0. The highest BCUT2D eigenvalue weighted by Crippen LogP contribution is 2.31. The number of aromatic hydroxyl groups is 2. The lowest BCUT2D eigenvalue weighted by atomic mass is 9.98. The number of alkyl carbamates (subject to hydrolysis) is 1. The summed E-state index contributed by atoms with van der Waals surface area (Å²) in [6.45, 7) is 11.6. The van der Waals surface area contributed by atoms with Crippen molar-refractivity contribution in [2.45, 2.75) is 123 Å². The van der Waals surface area contributed by atoms with Gasteiger partial charge in [-0.05, 0) is 64.3 Å². The number of phenols is 2. The molecule has 0 spiro atoms. The van der Waals surface area contributed by atoms with Crippen LogP contribution >= 0.6 is 0 Å². The molecule has 4 N–H and O–H groups in total. The predicted molar refractivity (Wildman–Crippen MR) is 173 cm³/mol. The number of phenolic OH excluding ortho intramolecular Hbond substituents is 2. The summed E-state index contributed by atoms with van der Waals surface area (Å²) in [4.78, 5) is 43.0. The second-order valence-corrected chi connectivity index (χ2v) is 12.5. The Morgan fingerprint density at radius 1 is 0.864 bits per heavy atom. The third kappa shape index (κ3) is 12.5. The zero-order valence-electron chi connectivity index (χ0n) is 27.4. The van der Waals surface area contributed by atoms with Crippen molar-refractivity contribution in [2.75, 3.05) is 6.54 Å². The molecule has 0 aliphatic carbocycles. The van der Waals surface area contributed by atoms with Crippen molar-refractivity contribution in [3.63, 3.8) is 0 Å². The Morgan fingerprint density at radius 3 is 2.11 bits per heavy atom. The van der Waals surface area contributed by atoms with E-state index in [1.165, 1.54) is 23.1 Å². The van der Waals surface area contributed by atoms with E-state index in [2.05, 4.69) is 17.6 Å². The van der Waals surface area contributed by atoms with E-state index in [9.17, 15) is 24.6 Å². The molecule has 2 aromatic carbocycles. The smallest absolute Gasteiger partial charge is 0.408 e. The number of carbonyl (C=O) groups is 3. The fourth-order valence-electron chi connectivity index (χ4n) is 5.14. The minimum absolute atomic E-state index is 0.0823. The van der Waals surface area contributed by atoms with Crippen molar-refractivity contribution in [1.82, 2.24) is 15.5 Å². The van der Waals surface area contributed by atoms with Gasteiger partial charge in [0.2, 0.25) is 11.8 Å². The van der Waals surface area contributed by atoms with Gasteiger partial charge in [0, 0.05) is 24.6 Å². The van der Waals surface area contributed by atoms with Crippen molar-refractivity contribution < 1.29 is 29.3 Å². The molecular formula is C35H53N3O6. The number of unbranched alkanes of at least 4 members (excludes halogenated alkanes) is 5. The first-order chi connectivity index (χ1) is 20.9. The molecular weight excluding hydrogens is 558 g/mol. The fourth-order valence-corrected chi connectivity index (χ4v) is 5.14. The number of amides is 3. The van der Waals surface area contributed by atoms with Crippen LogP contribution in [0.3, 0.4) is 0 Å². The first kappa shape index (κ1) is 36.4. The third-order valence-corrected chi connectivity index (χ3v) is 7.30. The molecule has 0 fully saturated rings. The van der Waals surface area contributed by atoms with Gasteiger partial charge in [0.05, 0.1) is 0 Å². The average Bonchev–Trinajstić information content (AvgIpc) is 2.94. The minimum atomic E-state index is -1.12. The Morgan fingerprint density at radius 2 is 1.50 bits per heavy atom. The highest BCUT2D eigenvalue weighted by Gasteiger charge is 2.37. The maximum atomic E-state index is 14.6. The van der Waals surface area contributed by atoms with Gasteiger partial charge in [-0.25, -0.2) is 4.79 Å². The zero-order valence-corrected chi connectivity index (χ0v) is 27.4. The second kappa shape index (κ2) is 18.1. The van der Waals surface area contributed by atoms with Gasteiger partial charge in [-0.1, -0.05) is 82.7 Å². The van der Waals surface area contributed by atoms with Crippen molar-refractivity contribution >= 4 is 17.9 Å². The summed E-state index contributed by atoms with van der Waals surface area (Å²) in [5, 5.41) is 26.5. The van der Waals surface area contributed by atoms with Crippen LogP contribution in [0, 0.1) is 0 Å². The largest absolute Gasteiger partial charge is 0.508 e. The Hall–Kier alpha value is -3.75. The molecule has 0 heterocycles. The van der Waals surface area contributed by atoms with Gasteiger partial charge in [-0.15, -0.1) is 0 Å². The second-order valence-electron chi connectivity index (χ2n) is 12.5. The third-order valence-electron chi connectivity index (χ3n) is 7.30. The molecule has 2 aromatic rings. The Labute approximate surface area is 263 Å². The predicted octanol–water partition coefficient (Wildman–Crippen LogP) is 6.77. The molecule has 0 radical (unpaired) electrons. The lowest BCUT2D eigenvalue weighted by molar-refractivity contribution is -0.143. The van der Waals surface area contributed by atoms with Crippen LogP contribution in [-0.4, -0.2) is 57.3 Å². The summed E-state index contributed by atoms with van der Waals surface area (Å²) >= 11 is 0. The number of nitrogens with zero attached hydrogens (tertiary/aromatic N) is 1. The summed E-state index contributed by atoms with van der Waals surface area (Å²) in [5.41, 5.74) is 0.229. The topological polar surface area (TPSA) is 128 Å². The van der Waals surface area contributed by atoms with Crippen LogP contribution in [0.2, 0.25) is 0 Å². The molecule has 3 unspecified atom stereocenters. The van der Waals surface area contributed by atoms with Crippen LogP contribution < -0.4 is 10.6 Å². The van der Waals surface area contributed by atoms with Crippen molar-refractivity contribution in [1.29, 1.82) is 0 Å². The van der Waals surface area contributed by atoms with E-state index in [4.69, 9.17) is 4.74 Å². The molecule has 9 nitrogen and oxygen atoms in total. The normalized spacial score (nSPS) is 13.4. The number of hydrogen-bond donors (Lipinski definition) is 4. The van der Waals surface area contributed by atoms with E-state index in [0.29, 0.717) is 17.5 Å². The Balaban J connectivity index is 2.56. The molecule has 0 saturated heterocycles. The van der Waals surface area contributed by atoms with Crippen LogP contribution in [0.25, 0.3) is 0 Å². The maximum absolute atomic E-state index is 14.6. The molecule has 2 rings (SSSR count). The van der Waals surface area contributed by atoms with Crippen LogP contribution in [0.1, 0.15) is 110 Å². The van der Waals surface area contributed by atoms with E-state index in [0.717, 1.165) is 44.9 Å². The highest BCUT2D eigenvalue weighted by molar-refractivity contribution is 5.92. The molecule has 0 bridgehead atoms. The van der Waals surface area contributed by atoms with E-state index in [1.807, 2.05) is 13.8 Å². The number of ether oxygens (including phenoxy) is 1. The number of benzene rings is 2. The molecule has 3 amide bonds. The van der Waals surface area contributed by atoms with Crippen molar-refractivity contribution in [2.24, 2.45) is 0 Å². The molecule has 0 saturated carbocycles. The molecule has 9 heteroatoms. The molecule has 0 aliphatic heterocycles. The summed E-state index contributed by atoms with van der Waals surface area (Å²) in [5.74, 6) is -0.873. The van der Waals surface area contributed by atoms with Crippen molar-refractivity contribution in [3.05, 3.63) is 59.7 Å². The summed E-state index contributed by atoms with van der Waals surface area (Å²) in [6, 6.07) is 10.6. The summed E-state index contributed by atoms with van der Waals surface area (Å²) < 4.78 is 5.50. The average molecular weight is 612 g/mol. The van der Waals surface area contributed by atoms with Crippen LogP contribution in [-0.2, 0) is 20.7 Å². The summed E-state index contributed by atoms with van der Waals surface area (Å²) in [6.07, 6.45) is 6.84. The monoisotopic (exact) mass is 611 g/mol. The Kier molecular flexibility index (Phi) is 15.0. The van der Waals surface area contributed by atoms with Crippen LogP contribution in [0.5, 0.6) is 11.5 Å². The lowest BCUT2D eigenvalue weighted by Gasteiger charge is -2.35. The quantitative estimate of drug-likeness (QED) is 0.146. The van der Waals surface area contributed by atoms with Crippen LogP contribution in [0.15, 0.2) is 48.5 Å². The fraction of sp³-hybridized carbons (Fsp3) is 0.571. The molecule has 0 aliphatic rings.